The number of nitrogens with zero attached hydrogens (tertiary/aromatic N) is 1. The van der Waals surface area contributed by atoms with Gasteiger partial charge < -0.3 is 14.4 Å². The third kappa shape index (κ3) is 3.87. The molecule has 1 aliphatic rings. The number of hydrogen-bond donors (Lipinski definition) is 0. The van der Waals surface area contributed by atoms with Crippen molar-refractivity contribution in [1.82, 2.24) is 4.90 Å². The van der Waals surface area contributed by atoms with Crippen LogP contribution >= 0.6 is 0 Å². The maximum absolute atomic E-state index is 13.0. The predicted molar refractivity (Wildman–Crippen MR) is 97.5 cm³/mol. The van der Waals surface area contributed by atoms with Gasteiger partial charge in [0.1, 0.15) is 5.75 Å². The molecule has 1 fully saturated rings. The Labute approximate surface area is 153 Å². The number of benzene rings is 2. The maximum Gasteiger partial charge on any atom is 0.306 e. The van der Waals surface area contributed by atoms with Gasteiger partial charge in [-0.25, -0.2) is 0 Å². The van der Waals surface area contributed by atoms with Crippen LogP contribution in [0.3, 0.4) is 0 Å². The second-order valence-electron chi connectivity index (χ2n) is 6.46. The van der Waals surface area contributed by atoms with Crippen molar-refractivity contribution in [3.8, 4) is 5.75 Å². The van der Waals surface area contributed by atoms with Gasteiger partial charge in [-0.1, -0.05) is 42.5 Å². The monoisotopic (exact) mass is 353 g/mol. The van der Waals surface area contributed by atoms with E-state index < -0.39 is 0 Å². The first kappa shape index (κ1) is 18.0. The van der Waals surface area contributed by atoms with Gasteiger partial charge in [-0.3, -0.25) is 9.59 Å². The Hall–Kier alpha value is -2.82. The minimum Gasteiger partial charge on any atom is -0.497 e. The quantitative estimate of drug-likeness (QED) is 0.748. The largest absolute Gasteiger partial charge is 0.497 e. The topological polar surface area (TPSA) is 55.8 Å². The fourth-order valence-corrected chi connectivity index (χ4v) is 3.49. The van der Waals surface area contributed by atoms with Crippen LogP contribution in [0.25, 0.3) is 0 Å². The van der Waals surface area contributed by atoms with Crippen LogP contribution in [0.15, 0.2) is 54.6 Å². The zero-order chi connectivity index (χ0) is 18.5. The fourth-order valence-electron chi connectivity index (χ4n) is 3.49. The number of carbonyl (C=O) groups excluding carboxylic acids is 2. The van der Waals surface area contributed by atoms with Crippen LogP contribution in [0, 0.1) is 5.92 Å². The van der Waals surface area contributed by atoms with Crippen molar-refractivity contribution >= 4 is 11.9 Å². The van der Waals surface area contributed by atoms with Crippen LogP contribution in [-0.4, -0.2) is 31.0 Å². The first-order chi connectivity index (χ1) is 12.6. The average molecular weight is 353 g/mol. The zero-order valence-corrected chi connectivity index (χ0v) is 15.1. The fraction of sp³-hybridized carbons (Fsp3) is 0.333. The molecule has 136 valence electrons. The molecule has 5 heteroatoms. The van der Waals surface area contributed by atoms with Gasteiger partial charge in [0, 0.05) is 6.54 Å². The van der Waals surface area contributed by atoms with Crippen molar-refractivity contribution < 1.29 is 19.1 Å². The van der Waals surface area contributed by atoms with Gasteiger partial charge in [-0.15, -0.1) is 0 Å². The van der Waals surface area contributed by atoms with Crippen molar-refractivity contribution in [3.05, 3.63) is 65.7 Å². The Kier molecular flexibility index (Phi) is 5.56. The number of likely N-dealkylation sites (tertiary alicyclic amines) is 1. The Morgan fingerprint density at radius 3 is 2.58 bits per heavy atom. The SMILES string of the molecule is COC(=O)C[C@@H]1C[C@H](c2ccccc2)N(Cc2cccc(OC)c2)C1=O. The highest BCUT2D eigenvalue weighted by molar-refractivity contribution is 5.86. The molecule has 0 unspecified atom stereocenters. The highest BCUT2D eigenvalue weighted by Gasteiger charge is 2.41. The molecule has 1 aliphatic heterocycles. The van der Waals surface area contributed by atoms with E-state index in [0.717, 1.165) is 16.9 Å². The average Bonchev–Trinajstić information content (AvgIpc) is 2.98. The molecule has 0 aromatic heterocycles. The van der Waals surface area contributed by atoms with E-state index in [1.54, 1.807) is 7.11 Å². The van der Waals surface area contributed by atoms with Crippen LogP contribution in [0.5, 0.6) is 5.75 Å². The van der Waals surface area contributed by atoms with Crippen LogP contribution in [0.2, 0.25) is 0 Å². The van der Waals surface area contributed by atoms with Crippen molar-refractivity contribution in [3.63, 3.8) is 0 Å². The predicted octanol–water partition coefficient (Wildman–Crippen LogP) is 3.35. The van der Waals surface area contributed by atoms with Crippen LogP contribution in [0.4, 0.5) is 0 Å². The summed E-state index contributed by atoms with van der Waals surface area (Å²) >= 11 is 0. The van der Waals surface area contributed by atoms with Gasteiger partial charge >= 0.3 is 5.97 Å². The highest BCUT2D eigenvalue weighted by Crippen LogP contribution is 2.39. The van der Waals surface area contributed by atoms with E-state index in [0.29, 0.717) is 13.0 Å². The number of rotatable bonds is 6. The Bertz CT molecular complexity index is 775. The van der Waals surface area contributed by atoms with E-state index in [2.05, 4.69) is 0 Å². The third-order valence-electron chi connectivity index (χ3n) is 4.83. The maximum atomic E-state index is 13.0. The first-order valence-corrected chi connectivity index (χ1v) is 8.67. The number of methoxy groups -OCH3 is 2. The summed E-state index contributed by atoms with van der Waals surface area (Å²) in [4.78, 5) is 26.5. The van der Waals surface area contributed by atoms with Gasteiger partial charge in [0.15, 0.2) is 0 Å². The molecule has 5 nitrogen and oxygen atoms in total. The van der Waals surface area contributed by atoms with Crippen molar-refractivity contribution in [2.75, 3.05) is 14.2 Å². The summed E-state index contributed by atoms with van der Waals surface area (Å²) in [5, 5.41) is 0. The lowest BCUT2D eigenvalue weighted by Crippen LogP contribution is -2.29. The second-order valence-corrected chi connectivity index (χ2v) is 6.46. The molecule has 1 amide bonds. The molecule has 3 rings (SSSR count). The molecular weight excluding hydrogens is 330 g/mol. The summed E-state index contributed by atoms with van der Waals surface area (Å²) < 4.78 is 10.0. The molecule has 2 atom stereocenters. The second kappa shape index (κ2) is 8.04. The third-order valence-corrected chi connectivity index (χ3v) is 4.83. The standard InChI is InChI=1S/C21H23NO4/c1-25-18-10-6-7-15(11-18)14-22-19(16-8-4-3-5-9-16)12-17(21(22)24)13-20(23)26-2/h3-11,17,19H,12-14H2,1-2H3/t17-,19+/m0/s1. The molecule has 0 spiro atoms. The Balaban J connectivity index is 1.87. The lowest BCUT2D eigenvalue weighted by atomic mass is 9.97. The molecule has 26 heavy (non-hydrogen) atoms. The van der Waals surface area contributed by atoms with Gasteiger partial charge in [-0.05, 0) is 29.7 Å². The smallest absolute Gasteiger partial charge is 0.306 e. The number of hydrogen-bond acceptors (Lipinski definition) is 4. The summed E-state index contributed by atoms with van der Waals surface area (Å²) in [5.41, 5.74) is 2.08. The van der Waals surface area contributed by atoms with Gasteiger partial charge in [0.2, 0.25) is 5.91 Å². The molecule has 2 aromatic rings. The minimum absolute atomic E-state index is 0.00734. The molecule has 1 saturated heterocycles. The molecule has 0 aliphatic carbocycles. The van der Waals surface area contributed by atoms with Gasteiger partial charge in [0.25, 0.3) is 0 Å². The van der Waals surface area contributed by atoms with Crippen LogP contribution < -0.4 is 4.74 Å². The van der Waals surface area contributed by atoms with E-state index in [9.17, 15) is 9.59 Å². The molecular formula is C21H23NO4. The first-order valence-electron chi connectivity index (χ1n) is 8.67. The summed E-state index contributed by atoms with van der Waals surface area (Å²) in [6.45, 7) is 0.479. The van der Waals surface area contributed by atoms with Crippen molar-refractivity contribution in [2.45, 2.75) is 25.4 Å². The van der Waals surface area contributed by atoms with E-state index >= 15 is 0 Å². The molecule has 0 saturated carbocycles. The van der Waals surface area contributed by atoms with Crippen molar-refractivity contribution in [1.29, 1.82) is 0 Å². The Morgan fingerprint density at radius 2 is 1.88 bits per heavy atom. The van der Waals surface area contributed by atoms with E-state index in [1.165, 1.54) is 7.11 Å². The van der Waals surface area contributed by atoms with E-state index in [4.69, 9.17) is 9.47 Å². The number of amides is 1. The summed E-state index contributed by atoms with van der Waals surface area (Å²) in [6, 6.07) is 17.6. The molecule has 1 heterocycles. The van der Waals surface area contributed by atoms with E-state index in [-0.39, 0.29) is 30.3 Å². The van der Waals surface area contributed by atoms with Crippen LogP contribution in [-0.2, 0) is 20.9 Å². The Morgan fingerprint density at radius 1 is 1.12 bits per heavy atom. The van der Waals surface area contributed by atoms with Gasteiger partial charge in [0.05, 0.1) is 32.6 Å². The van der Waals surface area contributed by atoms with Crippen LogP contribution in [0.1, 0.15) is 30.0 Å². The normalized spacial score (nSPS) is 19.5. The number of esters is 1. The molecule has 0 bridgehead atoms. The lowest BCUT2D eigenvalue weighted by molar-refractivity contribution is -0.145. The van der Waals surface area contributed by atoms with Gasteiger partial charge in [-0.2, -0.15) is 0 Å². The molecule has 0 N–H and O–H groups in total. The van der Waals surface area contributed by atoms with Crippen molar-refractivity contribution in [2.24, 2.45) is 5.92 Å². The highest BCUT2D eigenvalue weighted by atomic mass is 16.5. The molecule has 2 aromatic carbocycles. The zero-order valence-electron chi connectivity index (χ0n) is 15.1. The molecule has 0 radical (unpaired) electrons. The number of carbonyl (C=O) groups is 2. The lowest BCUT2D eigenvalue weighted by Gasteiger charge is -2.25. The van der Waals surface area contributed by atoms with E-state index in [1.807, 2.05) is 59.5 Å². The minimum atomic E-state index is -0.349. The summed E-state index contributed by atoms with van der Waals surface area (Å²) in [5.74, 6) is 0.0558. The number of ether oxygens (including phenoxy) is 2. The summed E-state index contributed by atoms with van der Waals surface area (Å²) in [7, 11) is 2.98. The summed E-state index contributed by atoms with van der Waals surface area (Å²) in [6.07, 6.45) is 0.731.